The van der Waals surface area contributed by atoms with Gasteiger partial charge in [-0.1, -0.05) is 0 Å². The standard InChI is InChI=1S/C14H6F7N3O/c1-6-11(14(19,20)21)23-5-24(12(6)25)10-7(4-22)2-8(3-9(10)15)13(16,17)18/h2-3,5H,1H3. The van der Waals surface area contributed by atoms with E-state index >= 15 is 0 Å². The fourth-order valence-electron chi connectivity index (χ4n) is 2.08. The number of aromatic nitrogens is 2. The third-order valence-corrected chi connectivity index (χ3v) is 3.22. The summed E-state index contributed by atoms with van der Waals surface area (Å²) in [6.45, 7) is 0.780. The molecule has 0 atom stereocenters. The van der Waals surface area contributed by atoms with Gasteiger partial charge in [0.2, 0.25) is 0 Å². The SMILES string of the molecule is Cc1c(C(F)(F)F)ncn(-c2c(F)cc(C(F)(F)F)cc2C#N)c1=O. The second-order valence-electron chi connectivity index (χ2n) is 4.85. The van der Waals surface area contributed by atoms with E-state index in [4.69, 9.17) is 5.26 Å². The second-order valence-corrected chi connectivity index (χ2v) is 4.85. The summed E-state index contributed by atoms with van der Waals surface area (Å²) in [5.41, 5.74) is -7.04. The van der Waals surface area contributed by atoms with Gasteiger partial charge in [-0.25, -0.2) is 9.37 Å². The Bertz CT molecular complexity index is 936. The zero-order valence-corrected chi connectivity index (χ0v) is 12.1. The van der Waals surface area contributed by atoms with Crippen LogP contribution in [0.5, 0.6) is 0 Å². The minimum absolute atomic E-state index is 0.0373. The number of hydrogen-bond donors (Lipinski definition) is 0. The molecule has 11 heteroatoms. The van der Waals surface area contributed by atoms with E-state index in [0.717, 1.165) is 6.92 Å². The predicted octanol–water partition coefficient (Wildman–Crippen LogP) is 3.59. The molecule has 4 nitrogen and oxygen atoms in total. The highest BCUT2D eigenvalue weighted by Crippen LogP contribution is 2.33. The molecule has 0 amide bonds. The molecule has 25 heavy (non-hydrogen) atoms. The van der Waals surface area contributed by atoms with Crippen molar-refractivity contribution in [3.05, 3.63) is 57.0 Å². The Kier molecular flexibility index (Phi) is 4.33. The van der Waals surface area contributed by atoms with Gasteiger partial charge in [-0.2, -0.15) is 31.6 Å². The van der Waals surface area contributed by atoms with Gasteiger partial charge in [-0.15, -0.1) is 0 Å². The Balaban J connectivity index is 2.79. The molecule has 0 aliphatic rings. The number of halogens is 7. The maximum atomic E-state index is 14.1. The van der Waals surface area contributed by atoms with Crippen molar-refractivity contribution >= 4 is 0 Å². The van der Waals surface area contributed by atoms with Crippen LogP contribution in [0.1, 0.15) is 22.4 Å². The van der Waals surface area contributed by atoms with Gasteiger partial charge in [0.05, 0.1) is 11.1 Å². The van der Waals surface area contributed by atoms with E-state index in [1.807, 2.05) is 0 Å². The summed E-state index contributed by atoms with van der Waals surface area (Å²) in [5.74, 6) is -1.60. The van der Waals surface area contributed by atoms with Gasteiger partial charge in [0.1, 0.15) is 23.9 Å². The van der Waals surface area contributed by atoms with Gasteiger partial charge in [-0.3, -0.25) is 9.36 Å². The molecular weight excluding hydrogens is 359 g/mol. The highest BCUT2D eigenvalue weighted by molar-refractivity contribution is 5.52. The highest BCUT2D eigenvalue weighted by atomic mass is 19.4. The monoisotopic (exact) mass is 365 g/mol. The largest absolute Gasteiger partial charge is 0.433 e. The Morgan fingerprint density at radius 3 is 2.20 bits per heavy atom. The quantitative estimate of drug-likeness (QED) is 0.726. The first-order chi connectivity index (χ1) is 11.4. The molecule has 0 aliphatic carbocycles. The molecule has 0 radical (unpaired) electrons. The first-order valence-electron chi connectivity index (χ1n) is 6.34. The van der Waals surface area contributed by atoms with Crippen LogP contribution in [-0.2, 0) is 12.4 Å². The first-order valence-corrected chi connectivity index (χ1v) is 6.34. The lowest BCUT2D eigenvalue weighted by Gasteiger charge is -2.15. The van der Waals surface area contributed by atoms with Crippen LogP contribution in [-0.4, -0.2) is 9.55 Å². The van der Waals surface area contributed by atoms with Gasteiger partial charge in [0.25, 0.3) is 5.56 Å². The molecule has 0 saturated carbocycles. The van der Waals surface area contributed by atoms with Crippen LogP contribution in [0.4, 0.5) is 30.7 Å². The van der Waals surface area contributed by atoms with Crippen LogP contribution >= 0.6 is 0 Å². The highest BCUT2D eigenvalue weighted by Gasteiger charge is 2.36. The molecule has 0 N–H and O–H groups in total. The summed E-state index contributed by atoms with van der Waals surface area (Å²) >= 11 is 0. The van der Waals surface area contributed by atoms with Crippen LogP contribution in [0, 0.1) is 24.1 Å². The minimum Gasteiger partial charge on any atom is -0.269 e. The summed E-state index contributed by atoms with van der Waals surface area (Å²) in [7, 11) is 0. The summed E-state index contributed by atoms with van der Waals surface area (Å²) in [4.78, 5) is 15.1. The van der Waals surface area contributed by atoms with E-state index in [9.17, 15) is 35.5 Å². The molecule has 0 unspecified atom stereocenters. The Labute approximate surface area is 134 Å². The first kappa shape index (κ1) is 18.4. The molecule has 1 heterocycles. The normalized spacial score (nSPS) is 12.1. The van der Waals surface area contributed by atoms with Crippen LogP contribution in [0.3, 0.4) is 0 Å². The molecule has 0 aliphatic heterocycles. The molecular formula is C14H6F7N3O. The number of hydrogen-bond acceptors (Lipinski definition) is 3. The summed E-state index contributed by atoms with van der Waals surface area (Å²) in [5, 5.41) is 8.94. The van der Waals surface area contributed by atoms with Crippen LogP contribution in [0.15, 0.2) is 23.3 Å². The Morgan fingerprint density at radius 1 is 1.12 bits per heavy atom. The smallest absolute Gasteiger partial charge is 0.269 e. The molecule has 0 spiro atoms. The lowest BCUT2D eigenvalue weighted by Crippen LogP contribution is -2.27. The predicted molar refractivity (Wildman–Crippen MR) is 69.2 cm³/mol. The van der Waals surface area contributed by atoms with Crippen LogP contribution < -0.4 is 5.56 Å². The number of nitrogens with zero attached hydrogens (tertiary/aromatic N) is 3. The molecule has 0 fully saturated rings. The van der Waals surface area contributed by atoms with Gasteiger partial charge in [0, 0.05) is 5.56 Å². The van der Waals surface area contributed by atoms with Crippen molar-refractivity contribution in [3.63, 3.8) is 0 Å². The van der Waals surface area contributed by atoms with Crippen molar-refractivity contribution in [3.8, 4) is 11.8 Å². The van der Waals surface area contributed by atoms with Gasteiger partial charge in [-0.05, 0) is 19.1 Å². The number of nitriles is 1. The minimum atomic E-state index is -4.95. The fourth-order valence-corrected chi connectivity index (χ4v) is 2.08. The van der Waals surface area contributed by atoms with Gasteiger partial charge >= 0.3 is 12.4 Å². The molecule has 2 aromatic rings. The van der Waals surface area contributed by atoms with Crippen molar-refractivity contribution < 1.29 is 30.7 Å². The Hall–Kier alpha value is -2.90. The lowest BCUT2D eigenvalue weighted by atomic mass is 10.1. The Morgan fingerprint density at radius 2 is 1.72 bits per heavy atom. The number of rotatable bonds is 1. The van der Waals surface area contributed by atoms with E-state index in [-0.39, 0.29) is 16.7 Å². The molecule has 1 aromatic carbocycles. The molecule has 2 rings (SSSR count). The van der Waals surface area contributed by atoms with Crippen molar-refractivity contribution in [2.75, 3.05) is 0 Å². The summed E-state index contributed by atoms with van der Waals surface area (Å²) < 4.78 is 90.5. The topological polar surface area (TPSA) is 58.7 Å². The maximum absolute atomic E-state index is 14.1. The van der Waals surface area contributed by atoms with Crippen LogP contribution in [0.2, 0.25) is 0 Å². The van der Waals surface area contributed by atoms with Gasteiger partial charge < -0.3 is 0 Å². The van der Waals surface area contributed by atoms with Crippen molar-refractivity contribution in [2.45, 2.75) is 19.3 Å². The molecule has 1 aromatic heterocycles. The van der Waals surface area contributed by atoms with E-state index in [1.54, 1.807) is 0 Å². The molecule has 132 valence electrons. The zero-order valence-electron chi connectivity index (χ0n) is 12.1. The van der Waals surface area contributed by atoms with Crippen molar-refractivity contribution in [1.29, 1.82) is 5.26 Å². The van der Waals surface area contributed by atoms with E-state index in [2.05, 4.69) is 4.98 Å². The van der Waals surface area contributed by atoms with Gasteiger partial charge in [0.15, 0.2) is 5.69 Å². The van der Waals surface area contributed by atoms with E-state index < -0.39 is 51.8 Å². The van der Waals surface area contributed by atoms with E-state index in [0.29, 0.717) is 6.33 Å². The van der Waals surface area contributed by atoms with Crippen molar-refractivity contribution in [2.24, 2.45) is 0 Å². The average Bonchev–Trinajstić information content (AvgIpc) is 2.47. The van der Waals surface area contributed by atoms with E-state index in [1.165, 1.54) is 6.07 Å². The van der Waals surface area contributed by atoms with Crippen molar-refractivity contribution in [1.82, 2.24) is 9.55 Å². The third kappa shape index (κ3) is 3.33. The summed E-state index contributed by atoms with van der Waals surface area (Å²) in [6, 6.07) is 1.62. The number of alkyl halides is 6. The van der Waals surface area contributed by atoms with Crippen LogP contribution in [0.25, 0.3) is 5.69 Å². The summed E-state index contributed by atoms with van der Waals surface area (Å²) in [6.07, 6.45) is -9.59. The average molecular weight is 365 g/mol. The lowest BCUT2D eigenvalue weighted by molar-refractivity contribution is -0.142. The third-order valence-electron chi connectivity index (χ3n) is 3.22. The second kappa shape index (κ2) is 5.87. The zero-order chi connectivity index (χ0) is 19.2. The maximum Gasteiger partial charge on any atom is 0.433 e. The number of benzene rings is 1. The molecule has 0 saturated heterocycles. The molecule has 0 bridgehead atoms. The fraction of sp³-hybridized carbons (Fsp3) is 0.214.